The molecule has 1 fully saturated rings. The largest absolute Gasteiger partial charge is 0.399 e. The Morgan fingerprint density at radius 3 is 2.80 bits per heavy atom. The lowest BCUT2D eigenvalue weighted by Gasteiger charge is -2.21. The molecule has 3 N–H and O–H groups in total. The fraction of sp³-hybridized carbons (Fsp3) is 0.308. The van der Waals surface area contributed by atoms with E-state index in [-0.39, 0.29) is 10.9 Å². The molecule has 6 nitrogen and oxygen atoms in total. The molecule has 0 aliphatic heterocycles. The minimum Gasteiger partial charge on any atom is -0.399 e. The summed E-state index contributed by atoms with van der Waals surface area (Å²) in [7, 11) is -3.51. The molecule has 1 aliphatic carbocycles. The first-order valence-corrected chi connectivity index (χ1v) is 7.86. The van der Waals surface area contributed by atoms with Crippen LogP contribution in [0.4, 0.5) is 5.69 Å². The fourth-order valence-corrected chi connectivity index (χ4v) is 3.74. The smallest absolute Gasteiger partial charge is 0.246 e. The molecule has 2 aromatic rings. The number of H-pyrrole nitrogens is 1. The first kappa shape index (κ1) is 13.1. The predicted octanol–water partition coefficient (Wildman–Crippen LogP) is 1.35. The van der Waals surface area contributed by atoms with Crippen LogP contribution in [0.1, 0.15) is 18.4 Å². The molecule has 3 rings (SSSR count). The predicted molar refractivity (Wildman–Crippen MR) is 75.2 cm³/mol. The van der Waals surface area contributed by atoms with Gasteiger partial charge in [-0.1, -0.05) is 12.1 Å². The van der Waals surface area contributed by atoms with Gasteiger partial charge in [-0.2, -0.15) is 9.40 Å². The number of aromatic amines is 1. The van der Waals surface area contributed by atoms with E-state index in [1.807, 2.05) is 12.1 Å². The van der Waals surface area contributed by atoms with Crippen molar-refractivity contribution in [3.63, 3.8) is 0 Å². The first-order valence-electron chi connectivity index (χ1n) is 6.42. The van der Waals surface area contributed by atoms with Gasteiger partial charge in [-0.25, -0.2) is 8.42 Å². The summed E-state index contributed by atoms with van der Waals surface area (Å²) in [4.78, 5) is 0.202. The number of nitrogens with two attached hydrogens (primary N) is 1. The molecule has 1 aliphatic rings. The summed E-state index contributed by atoms with van der Waals surface area (Å²) in [6.07, 6.45) is 4.55. The van der Waals surface area contributed by atoms with Gasteiger partial charge >= 0.3 is 0 Å². The Kier molecular flexibility index (Phi) is 3.23. The molecule has 0 atom stereocenters. The molecule has 7 heteroatoms. The molecule has 0 bridgehead atoms. The molecule has 1 aromatic carbocycles. The number of benzene rings is 1. The van der Waals surface area contributed by atoms with Crippen molar-refractivity contribution in [1.29, 1.82) is 0 Å². The molecular formula is C13H16N4O2S. The number of rotatable bonds is 5. The van der Waals surface area contributed by atoms with Crippen molar-refractivity contribution in [2.45, 2.75) is 30.3 Å². The van der Waals surface area contributed by atoms with Crippen LogP contribution >= 0.6 is 0 Å². The van der Waals surface area contributed by atoms with Crippen molar-refractivity contribution in [3.8, 4) is 0 Å². The summed E-state index contributed by atoms with van der Waals surface area (Å²) in [6.45, 7) is 0.337. The van der Waals surface area contributed by atoms with E-state index in [0.717, 1.165) is 18.4 Å². The zero-order valence-electron chi connectivity index (χ0n) is 10.9. The molecule has 1 saturated carbocycles. The van der Waals surface area contributed by atoms with E-state index in [1.54, 1.807) is 12.1 Å². The lowest BCUT2D eigenvalue weighted by Crippen LogP contribution is -2.32. The fourth-order valence-electron chi connectivity index (χ4n) is 2.16. The highest BCUT2D eigenvalue weighted by Crippen LogP contribution is 2.33. The normalized spacial score (nSPS) is 15.7. The Morgan fingerprint density at radius 2 is 2.20 bits per heavy atom. The lowest BCUT2D eigenvalue weighted by molar-refractivity contribution is 0.398. The summed E-state index contributed by atoms with van der Waals surface area (Å²) in [6, 6.07) is 7.39. The van der Waals surface area contributed by atoms with Gasteiger partial charge in [-0.15, -0.1) is 0 Å². The average molecular weight is 292 g/mol. The Balaban J connectivity index is 1.90. The molecule has 0 radical (unpaired) electrons. The average Bonchev–Trinajstić information content (AvgIpc) is 3.08. The number of hydrogen-bond donors (Lipinski definition) is 2. The van der Waals surface area contributed by atoms with E-state index in [0.29, 0.717) is 12.2 Å². The zero-order valence-corrected chi connectivity index (χ0v) is 11.7. The summed E-state index contributed by atoms with van der Waals surface area (Å²) >= 11 is 0. The van der Waals surface area contributed by atoms with Gasteiger partial charge in [0.15, 0.2) is 0 Å². The maximum atomic E-state index is 12.6. The lowest BCUT2D eigenvalue weighted by atomic mass is 10.2. The third-order valence-electron chi connectivity index (χ3n) is 3.32. The third-order valence-corrected chi connectivity index (χ3v) is 5.19. The van der Waals surface area contributed by atoms with Crippen LogP contribution in [0.15, 0.2) is 41.6 Å². The zero-order chi connectivity index (χ0) is 14.2. The summed E-state index contributed by atoms with van der Waals surface area (Å²) in [5.74, 6) is 0. The number of nitrogen functional groups attached to an aromatic ring is 1. The second-order valence-electron chi connectivity index (χ2n) is 4.96. The van der Waals surface area contributed by atoms with Gasteiger partial charge in [0.05, 0.1) is 6.20 Å². The summed E-state index contributed by atoms with van der Waals surface area (Å²) < 4.78 is 26.7. The van der Waals surface area contributed by atoms with Crippen LogP contribution in [-0.2, 0) is 16.6 Å². The number of sulfonamides is 1. The number of aromatic nitrogens is 2. The molecule has 1 aromatic heterocycles. The standard InChI is InChI=1S/C13H16N4O2S/c14-11-3-1-2-10(6-11)9-17(12-4-5-12)20(18,19)13-7-15-16-8-13/h1-3,6-8,12H,4-5,9,14H2,(H,15,16). The van der Waals surface area contributed by atoms with E-state index < -0.39 is 10.0 Å². The van der Waals surface area contributed by atoms with Gasteiger partial charge < -0.3 is 5.73 Å². The number of anilines is 1. The quantitative estimate of drug-likeness (QED) is 0.814. The van der Waals surface area contributed by atoms with Crippen molar-refractivity contribution < 1.29 is 8.42 Å². The van der Waals surface area contributed by atoms with Gasteiger partial charge in [0.25, 0.3) is 0 Å². The number of hydrogen-bond acceptors (Lipinski definition) is 4. The van der Waals surface area contributed by atoms with Crippen LogP contribution in [0.5, 0.6) is 0 Å². The Hall–Kier alpha value is -1.86. The second kappa shape index (κ2) is 4.92. The van der Waals surface area contributed by atoms with Crippen molar-refractivity contribution in [2.75, 3.05) is 5.73 Å². The van der Waals surface area contributed by atoms with E-state index in [9.17, 15) is 8.42 Å². The Bertz CT molecular complexity index is 693. The topological polar surface area (TPSA) is 92.1 Å². The minimum absolute atomic E-state index is 0.0799. The molecule has 0 spiro atoms. The van der Waals surface area contributed by atoms with Gasteiger partial charge in [-0.05, 0) is 30.5 Å². The molecule has 0 amide bonds. The van der Waals surface area contributed by atoms with Crippen LogP contribution in [0.2, 0.25) is 0 Å². The summed E-state index contributed by atoms with van der Waals surface area (Å²) in [5, 5.41) is 6.27. The summed E-state index contributed by atoms with van der Waals surface area (Å²) in [5.41, 5.74) is 7.28. The molecular weight excluding hydrogens is 276 g/mol. The maximum Gasteiger partial charge on any atom is 0.246 e. The number of nitrogens with zero attached hydrogens (tertiary/aromatic N) is 2. The van der Waals surface area contributed by atoms with Gasteiger partial charge in [0.1, 0.15) is 4.90 Å². The van der Waals surface area contributed by atoms with Crippen LogP contribution < -0.4 is 5.73 Å². The highest BCUT2D eigenvalue weighted by molar-refractivity contribution is 7.89. The minimum atomic E-state index is -3.51. The Labute approximate surface area is 117 Å². The van der Waals surface area contributed by atoms with Crippen LogP contribution in [-0.4, -0.2) is 29.0 Å². The molecule has 1 heterocycles. The van der Waals surface area contributed by atoms with E-state index >= 15 is 0 Å². The Morgan fingerprint density at radius 1 is 1.40 bits per heavy atom. The molecule has 106 valence electrons. The van der Waals surface area contributed by atoms with Crippen molar-refractivity contribution in [3.05, 3.63) is 42.2 Å². The second-order valence-corrected chi connectivity index (χ2v) is 6.85. The third kappa shape index (κ3) is 2.54. The van der Waals surface area contributed by atoms with Crippen LogP contribution in [0, 0.1) is 0 Å². The van der Waals surface area contributed by atoms with E-state index in [1.165, 1.54) is 16.7 Å². The first-order chi connectivity index (χ1) is 9.57. The van der Waals surface area contributed by atoms with Crippen molar-refractivity contribution in [1.82, 2.24) is 14.5 Å². The highest BCUT2D eigenvalue weighted by atomic mass is 32.2. The van der Waals surface area contributed by atoms with Crippen molar-refractivity contribution in [2.24, 2.45) is 0 Å². The number of nitrogens with one attached hydrogen (secondary N) is 1. The van der Waals surface area contributed by atoms with Crippen LogP contribution in [0.3, 0.4) is 0 Å². The van der Waals surface area contributed by atoms with E-state index in [4.69, 9.17) is 5.73 Å². The van der Waals surface area contributed by atoms with E-state index in [2.05, 4.69) is 10.2 Å². The maximum absolute atomic E-state index is 12.6. The monoisotopic (exact) mass is 292 g/mol. The molecule has 0 unspecified atom stereocenters. The van der Waals surface area contributed by atoms with Gasteiger partial charge in [0.2, 0.25) is 10.0 Å². The molecule has 0 saturated heterocycles. The van der Waals surface area contributed by atoms with Gasteiger partial charge in [0, 0.05) is 24.5 Å². The van der Waals surface area contributed by atoms with Gasteiger partial charge in [-0.3, -0.25) is 5.10 Å². The van der Waals surface area contributed by atoms with Crippen LogP contribution in [0.25, 0.3) is 0 Å². The SMILES string of the molecule is Nc1cccc(CN(C2CC2)S(=O)(=O)c2cn[nH]c2)c1. The molecule has 20 heavy (non-hydrogen) atoms. The highest BCUT2D eigenvalue weighted by Gasteiger charge is 2.38. The van der Waals surface area contributed by atoms with Crippen molar-refractivity contribution >= 4 is 15.7 Å².